The average molecular weight is 270 g/mol. The molecule has 2 atom stereocenters. The first-order chi connectivity index (χ1) is 8.60. The summed E-state index contributed by atoms with van der Waals surface area (Å²) in [5.74, 6) is 0.536. The fourth-order valence-electron chi connectivity index (χ4n) is 3.17. The van der Waals surface area contributed by atoms with Crippen molar-refractivity contribution < 1.29 is 4.39 Å². The van der Waals surface area contributed by atoms with E-state index < -0.39 is 0 Å². The maximum Gasteiger partial charge on any atom is 0.127 e. The van der Waals surface area contributed by atoms with Crippen LogP contribution < -0.4 is 5.73 Å². The monoisotopic (exact) mass is 269 g/mol. The predicted molar refractivity (Wildman–Crippen MR) is 74.2 cm³/mol. The summed E-state index contributed by atoms with van der Waals surface area (Å²) in [6, 6.07) is 4.90. The van der Waals surface area contributed by atoms with E-state index in [0.29, 0.717) is 23.6 Å². The topological polar surface area (TPSA) is 26.0 Å². The summed E-state index contributed by atoms with van der Waals surface area (Å²) in [5, 5.41) is 0.530. The molecular formula is C15H21ClFN. The van der Waals surface area contributed by atoms with Gasteiger partial charge in [0.1, 0.15) is 5.82 Å². The Morgan fingerprint density at radius 2 is 2.28 bits per heavy atom. The van der Waals surface area contributed by atoms with Crippen LogP contribution in [0.1, 0.15) is 38.2 Å². The van der Waals surface area contributed by atoms with E-state index in [9.17, 15) is 4.39 Å². The van der Waals surface area contributed by atoms with Crippen molar-refractivity contribution in [2.24, 2.45) is 17.1 Å². The molecule has 2 N–H and O–H groups in total. The van der Waals surface area contributed by atoms with E-state index in [0.717, 1.165) is 18.8 Å². The van der Waals surface area contributed by atoms with E-state index in [4.69, 9.17) is 17.3 Å². The van der Waals surface area contributed by atoms with Gasteiger partial charge in [-0.3, -0.25) is 0 Å². The molecule has 100 valence electrons. The zero-order valence-corrected chi connectivity index (χ0v) is 11.6. The number of hydrogen-bond acceptors (Lipinski definition) is 1. The largest absolute Gasteiger partial charge is 0.330 e. The molecule has 2 rings (SSSR count). The second-order valence-corrected chi connectivity index (χ2v) is 6.01. The van der Waals surface area contributed by atoms with E-state index in [1.54, 1.807) is 12.1 Å². The maximum atomic E-state index is 13.9. The van der Waals surface area contributed by atoms with Crippen molar-refractivity contribution in [2.45, 2.75) is 39.0 Å². The van der Waals surface area contributed by atoms with Crippen LogP contribution in [0.5, 0.6) is 0 Å². The lowest BCUT2D eigenvalue weighted by molar-refractivity contribution is 0.287. The highest BCUT2D eigenvalue weighted by Gasteiger charge is 2.38. The molecule has 1 aliphatic rings. The summed E-state index contributed by atoms with van der Waals surface area (Å²) in [5.41, 5.74) is 6.66. The van der Waals surface area contributed by atoms with Gasteiger partial charge < -0.3 is 5.73 Å². The van der Waals surface area contributed by atoms with Gasteiger partial charge in [0, 0.05) is 10.6 Å². The lowest BCUT2D eigenvalue weighted by Crippen LogP contribution is -2.30. The minimum Gasteiger partial charge on any atom is -0.330 e. The number of benzene rings is 1. The molecule has 1 aromatic carbocycles. The Labute approximate surface area is 114 Å². The third-order valence-electron chi connectivity index (χ3n) is 4.43. The standard InChI is InChI=1S/C15H21ClFN/c1-2-11-6-7-15(8-11,10-18)9-12-13(16)4-3-5-14(12)17/h3-5,11H,2,6-10,18H2,1H3. The van der Waals surface area contributed by atoms with Crippen LogP contribution in [0.3, 0.4) is 0 Å². The molecule has 1 fully saturated rings. The van der Waals surface area contributed by atoms with Crippen molar-refractivity contribution in [1.82, 2.24) is 0 Å². The highest BCUT2D eigenvalue weighted by atomic mass is 35.5. The molecule has 0 spiro atoms. The number of nitrogens with two attached hydrogens (primary N) is 1. The molecule has 0 heterocycles. The quantitative estimate of drug-likeness (QED) is 0.872. The summed E-state index contributed by atoms with van der Waals surface area (Å²) in [6.07, 6.45) is 5.26. The van der Waals surface area contributed by atoms with E-state index in [1.165, 1.54) is 18.9 Å². The molecule has 1 saturated carbocycles. The summed E-state index contributed by atoms with van der Waals surface area (Å²) < 4.78 is 13.9. The molecule has 1 nitrogen and oxygen atoms in total. The van der Waals surface area contributed by atoms with Gasteiger partial charge in [0.15, 0.2) is 0 Å². The average Bonchev–Trinajstić information content (AvgIpc) is 2.78. The van der Waals surface area contributed by atoms with Gasteiger partial charge in [0.05, 0.1) is 0 Å². The normalized spacial score (nSPS) is 27.7. The van der Waals surface area contributed by atoms with Gasteiger partial charge in [-0.2, -0.15) is 0 Å². The molecule has 3 heteroatoms. The molecule has 1 aliphatic carbocycles. The Bertz CT molecular complexity index is 401. The highest BCUT2D eigenvalue weighted by molar-refractivity contribution is 6.31. The van der Waals surface area contributed by atoms with Crippen LogP contribution in [0.2, 0.25) is 5.02 Å². The van der Waals surface area contributed by atoms with Gasteiger partial charge in [-0.05, 0) is 55.7 Å². The summed E-state index contributed by atoms with van der Waals surface area (Å²) in [7, 11) is 0. The fourth-order valence-corrected chi connectivity index (χ4v) is 3.40. The third-order valence-corrected chi connectivity index (χ3v) is 4.78. The molecule has 0 aromatic heterocycles. The molecule has 0 aliphatic heterocycles. The van der Waals surface area contributed by atoms with E-state index >= 15 is 0 Å². The zero-order chi connectivity index (χ0) is 13.2. The van der Waals surface area contributed by atoms with E-state index in [-0.39, 0.29) is 11.2 Å². The molecule has 0 amide bonds. The Morgan fingerprint density at radius 3 is 2.83 bits per heavy atom. The molecule has 0 bridgehead atoms. The van der Waals surface area contributed by atoms with Gasteiger partial charge in [0.25, 0.3) is 0 Å². The van der Waals surface area contributed by atoms with Crippen molar-refractivity contribution in [3.8, 4) is 0 Å². The van der Waals surface area contributed by atoms with Crippen LogP contribution in [-0.4, -0.2) is 6.54 Å². The first kappa shape index (κ1) is 13.8. The molecular weight excluding hydrogens is 249 g/mol. The van der Waals surface area contributed by atoms with Gasteiger partial charge >= 0.3 is 0 Å². The van der Waals surface area contributed by atoms with Gasteiger partial charge in [-0.1, -0.05) is 31.0 Å². The van der Waals surface area contributed by atoms with Crippen LogP contribution >= 0.6 is 11.6 Å². The van der Waals surface area contributed by atoms with Crippen molar-refractivity contribution in [3.05, 3.63) is 34.6 Å². The number of hydrogen-bond donors (Lipinski definition) is 1. The zero-order valence-electron chi connectivity index (χ0n) is 10.9. The number of rotatable bonds is 4. The molecule has 0 radical (unpaired) electrons. The number of halogens is 2. The second kappa shape index (κ2) is 5.58. The summed E-state index contributed by atoms with van der Waals surface area (Å²) >= 11 is 6.12. The molecule has 18 heavy (non-hydrogen) atoms. The minimum absolute atomic E-state index is 0.0481. The lowest BCUT2D eigenvalue weighted by atomic mass is 9.79. The molecule has 2 unspecified atom stereocenters. The molecule has 0 saturated heterocycles. The van der Waals surface area contributed by atoms with Crippen LogP contribution in [0.25, 0.3) is 0 Å². The van der Waals surface area contributed by atoms with Gasteiger partial charge in [-0.25, -0.2) is 4.39 Å². The summed E-state index contributed by atoms with van der Waals surface area (Å²) in [4.78, 5) is 0. The van der Waals surface area contributed by atoms with Crippen molar-refractivity contribution in [1.29, 1.82) is 0 Å². The van der Waals surface area contributed by atoms with E-state index in [2.05, 4.69) is 6.92 Å². The van der Waals surface area contributed by atoms with Crippen LogP contribution in [-0.2, 0) is 6.42 Å². The first-order valence-electron chi connectivity index (χ1n) is 6.73. The maximum absolute atomic E-state index is 13.9. The van der Waals surface area contributed by atoms with E-state index in [1.807, 2.05) is 0 Å². The minimum atomic E-state index is -0.199. The second-order valence-electron chi connectivity index (χ2n) is 5.60. The lowest BCUT2D eigenvalue weighted by Gasteiger charge is -2.28. The fraction of sp³-hybridized carbons (Fsp3) is 0.600. The van der Waals surface area contributed by atoms with Crippen LogP contribution in [0, 0.1) is 17.2 Å². The van der Waals surface area contributed by atoms with Crippen LogP contribution in [0.4, 0.5) is 4.39 Å². The highest BCUT2D eigenvalue weighted by Crippen LogP contribution is 2.45. The Morgan fingerprint density at radius 1 is 1.50 bits per heavy atom. The smallest absolute Gasteiger partial charge is 0.127 e. The summed E-state index contributed by atoms with van der Waals surface area (Å²) in [6.45, 7) is 2.83. The third kappa shape index (κ3) is 2.70. The van der Waals surface area contributed by atoms with Crippen molar-refractivity contribution >= 4 is 11.6 Å². The van der Waals surface area contributed by atoms with Crippen LogP contribution in [0.15, 0.2) is 18.2 Å². The molecule has 1 aromatic rings. The van der Waals surface area contributed by atoms with Crippen molar-refractivity contribution in [2.75, 3.05) is 6.54 Å². The Hall–Kier alpha value is -0.600. The van der Waals surface area contributed by atoms with Crippen molar-refractivity contribution in [3.63, 3.8) is 0 Å². The Kier molecular flexibility index (Phi) is 4.29. The first-order valence-corrected chi connectivity index (χ1v) is 7.11. The Balaban J connectivity index is 2.21. The van der Waals surface area contributed by atoms with Gasteiger partial charge in [0.2, 0.25) is 0 Å². The predicted octanol–water partition coefficient (Wildman–Crippen LogP) is 4.18. The van der Waals surface area contributed by atoms with Gasteiger partial charge in [-0.15, -0.1) is 0 Å². The SMILES string of the molecule is CCC1CCC(CN)(Cc2c(F)cccc2Cl)C1.